The van der Waals surface area contributed by atoms with Gasteiger partial charge in [0, 0.05) is 47.7 Å². The summed E-state index contributed by atoms with van der Waals surface area (Å²) in [6, 6.07) is 7.83. The predicted molar refractivity (Wildman–Crippen MR) is 99.7 cm³/mol. The molecule has 1 amide bonds. The first-order chi connectivity index (χ1) is 12.2. The molecule has 1 aliphatic rings. The van der Waals surface area contributed by atoms with Gasteiger partial charge in [-0.05, 0) is 31.0 Å². The number of H-pyrrole nitrogens is 1. The van der Waals surface area contributed by atoms with Crippen LogP contribution in [-0.4, -0.2) is 42.1 Å². The third-order valence-electron chi connectivity index (χ3n) is 4.59. The molecule has 1 fully saturated rings. The molecule has 2 aromatic heterocycles. The second-order valence-electron chi connectivity index (χ2n) is 6.19. The van der Waals surface area contributed by atoms with Crippen LogP contribution < -0.4 is 15.0 Å². The standard InChI is InChI=1S/C18H20N4O2S/c1-24-14-3-2-12-10-16(21-15(12)11-14)17(23)20-13-4-7-22(8-5-13)18-19-6-9-25-18/h2-3,6,9-11,13,21H,4-5,7-8H2,1H3,(H,20,23). The van der Waals surface area contributed by atoms with Crippen LogP contribution in [0.3, 0.4) is 0 Å². The number of carbonyl (C=O) groups excluding carboxylic acids is 1. The van der Waals surface area contributed by atoms with E-state index >= 15 is 0 Å². The van der Waals surface area contributed by atoms with Crippen LogP contribution in [0.25, 0.3) is 10.9 Å². The second kappa shape index (κ2) is 6.76. The Morgan fingerprint density at radius 2 is 2.20 bits per heavy atom. The van der Waals surface area contributed by atoms with Crippen LogP contribution in [0.15, 0.2) is 35.8 Å². The number of fused-ring (bicyclic) bond motifs is 1. The third-order valence-corrected chi connectivity index (χ3v) is 5.43. The van der Waals surface area contributed by atoms with Crippen molar-refractivity contribution in [2.45, 2.75) is 18.9 Å². The van der Waals surface area contributed by atoms with E-state index < -0.39 is 0 Å². The Morgan fingerprint density at radius 1 is 1.36 bits per heavy atom. The average Bonchev–Trinajstić information content (AvgIpc) is 3.31. The molecule has 0 unspecified atom stereocenters. The van der Waals surface area contributed by atoms with E-state index in [4.69, 9.17) is 4.74 Å². The number of rotatable bonds is 4. The summed E-state index contributed by atoms with van der Waals surface area (Å²) in [6.45, 7) is 1.84. The maximum absolute atomic E-state index is 12.5. The first kappa shape index (κ1) is 16.0. The zero-order valence-corrected chi connectivity index (χ0v) is 14.8. The van der Waals surface area contributed by atoms with Crippen molar-refractivity contribution in [2.24, 2.45) is 0 Å². The van der Waals surface area contributed by atoms with Gasteiger partial charge in [-0.2, -0.15) is 0 Å². The van der Waals surface area contributed by atoms with Gasteiger partial charge in [0.05, 0.1) is 7.11 Å². The van der Waals surface area contributed by atoms with Crippen LogP contribution in [0.2, 0.25) is 0 Å². The maximum Gasteiger partial charge on any atom is 0.267 e. The van der Waals surface area contributed by atoms with Crippen molar-refractivity contribution < 1.29 is 9.53 Å². The number of piperidine rings is 1. The van der Waals surface area contributed by atoms with E-state index in [1.807, 2.05) is 35.8 Å². The van der Waals surface area contributed by atoms with Gasteiger partial charge >= 0.3 is 0 Å². The van der Waals surface area contributed by atoms with E-state index in [0.717, 1.165) is 47.7 Å². The molecule has 2 N–H and O–H groups in total. The minimum absolute atomic E-state index is 0.0529. The number of anilines is 1. The summed E-state index contributed by atoms with van der Waals surface area (Å²) in [6.07, 6.45) is 3.69. The largest absolute Gasteiger partial charge is 0.497 e. The highest BCUT2D eigenvalue weighted by molar-refractivity contribution is 7.13. The van der Waals surface area contributed by atoms with E-state index in [2.05, 4.69) is 20.2 Å². The quantitative estimate of drug-likeness (QED) is 0.754. The number of carbonyl (C=O) groups is 1. The molecule has 25 heavy (non-hydrogen) atoms. The molecule has 1 aromatic carbocycles. The van der Waals surface area contributed by atoms with Crippen molar-refractivity contribution in [1.29, 1.82) is 0 Å². The second-order valence-corrected chi connectivity index (χ2v) is 7.06. The number of nitrogens with zero attached hydrogens (tertiary/aromatic N) is 2. The monoisotopic (exact) mass is 356 g/mol. The van der Waals surface area contributed by atoms with Gasteiger partial charge in [0.15, 0.2) is 5.13 Å². The zero-order valence-electron chi connectivity index (χ0n) is 14.0. The van der Waals surface area contributed by atoms with Gasteiger partial charge in [-0.15, -0.1) is 11.3 Å². The summed E-state index contributed by atoms with van der Waals surface area (Å²) in [5, 5.41) is 7.21. The number of ether oxygens (including phenoxy) is 1. The van der Waals surface area contributed by atoms with Crippen LogP contribution in [0.5, 0.6) is 5.75 Å². The molecule has 0 atom stereocenters. The lowest BCUT2D eigenvalue weighted by atomic mass is 10.1. The van der Waals surface area contributed by atoms with Crippen LogP contribution in [0.4, 0.5) is 5.13 Å². The van der Waals surface area contributed by atoms with Crippen LogP contribution in [-0.2, 0) is 0 Å². The molecule has 6 nitrogen and oxygen atoms in total. The fraction of sp³-hybridized carbons (Fsp3) is 0.333. The lowest BCUT2D eigenvalue weighted by Crippen LogP contribution is -2.44. The Hall–Kier alpha value is -2.54. The van der Waals surface area contributed by atoms with Crippen molar-refractivity contribution in [1.82, 2.24) is 15.3 Å². The summed E-state index contributed by atoms with van der Waals surface area (Å²) < 4.78 is 5.22. The lowest BCUT2D eigenvalue weighted by Gasteiger charge is -2.32. The first-order valence-corrected chi connectivity index (χ1v) is 9.23. The van der Waals surface area contributed by atoms with E-state index in [1.165, 1.54) is 0 Å². The van der Waals surface area contributed by atoms with Gasteiger partial charge in [-0.3, -0.25) is 4.79 Å². The summed E-state index contributed by atoms with van der Waals surface area (Å²) in [5.74, 6) is 0.721. The molecule has 130 valence electrons. The van der Waals surface area contributed by atoms with Crippen molar-refractivity contribution in [3.05, 3.63) is 41.5 Å². The SMILES string of the molecule is COc1ccc2cc(C(=O)NC3CCN(c4nccs4)CC3)[nH]c2c1. The van der Waals surface area contributed by atoms with Gasteiger partial charge in [-0.25, -0.2) is 4.98 Å². The van der Waals surface area contributed by atoms with E-state index in [0.29, 0.717) is 5.69 Å². The van der Waals surface area contributed by atoms with E-state index in [1.54, 1.807) is 18.4 Å². The Labute approximate surface area is 149 Å². The zero-order chi connectivity index (χ0) is 17.2. The number of aromatic amines is 1. The Kier molecular flexibility index (Phi) is 4.31. The number of aromatic nitrogens is 2. The highest BCUT2D eigenvalue weighted by atomic mass is 32.1. The van der Waals surface area contributed by atoms with E-state index in [9.17, 15) is 4.79 Å². The molecule has 3 heterocycles. The van der Waals surface area contributed by atoms with Gasteiger partial charge in [0.1, 0.15) is 11.4 Å². The molecular weight excluding hydrogens is 336 g/mol. The molecule has 0 radical (unpaired) electrons. The van der Waals surface area contributed by atoms with E-state index in [-0.39, 0.29) is 11.9 Å². The summed E-state index contributed by atoms with van der Waals surface area (Å²) >= 11 is 1.66. The normalized spacial score (nSPS) is 15.5. The highest BCUT2D eigenvalue weighted by Gasteiger charge is 2.23. The smallest absolute Gasteiger partial charge is 0.267 e. The van der Waals surface area contributed by atoms with Crippen molar-refractivity contribution in [3.8, 4) is 5.75 Å². The molecule has 7 heteroatoms. The fourth-order valence-corrected chi connectivity index (χ4v) is 3.90. The molecule has 0 spiro atoms. The minimum atomic E-state index is -0.0529. The van der Waals surface area contributed by atoms with Gasteiger partial charge < -0.3 is 19.9 Å². The number of hydrogen-bond donors (Lipinski definition) is 2. The average molecular weight is 356 g/mol. The van der Waals surface area contributed by atoms with Crippen LogP contribution in [0, 0.1) is 0 Å². The summed E-state index contributed by atoms with van der Waals surface area (Å²) in [7, 11) is 1.63. The summed E-state index contributed by atoms with van der Waals surface area (Å²) in [4.78, 5) is 22.4. The fourth-order valence-electron chi connectivity index (χ4n) is 3.21. The van der Waals surface area contributed by atoms with Gasteiger partial charge in [0.2, 0.25) is 0 Å². The number of thiazole rings is 1. The third kappa shape index (κ3) is 3.32. The number of hydrogen-bond acceptors (Lipinski definition) is 5. The first-order valence-electron chi connectivity index (χ1n) is 8.35. The van der Waals surface area contributed by atoms with Gasteiger partial charge in [-0.1, -0.05) is 0 Å². The van der Waals surface area contributed by atoms with Crippen LogP contribution >= 0.6 is 11.3 Å². The highest BCUT2D eigenvalue weighted by Crippen LogP contribution is 2.23. The Balaban J connectivity index is 1.39. The molecule has 1 aliphatic heterocycles. The molecular formula is C18H20N4O2S. The molecule has 4 rings (SSSR count). The van der Waals surface area contributed by atoms with Crippen LogP contribution in [0.1, 0.15) is 23.3 Å². The van der Waals surface area contributed by atoms with Gasteiger partial charge in [0.25, 0.3) is 5.91 Å². The maximum atomic E-state index is 12.5. The van der Waals surface area contributed by atoms with Crippen molar-refractivity contribution in [3.63, 3.8) is 0 Å². The number of benzene rings is 1. The molecule has 0 aliphatic carbocycles. The molecule has 3 aromatic rings. The molecule has 0 bridgehead atoms. The predicted octanol–water partition coefficient (Wildman–Crippen LogP) is 3.03. The molecule has 0 saturated carbocycles. The topological polar surface area (TPSA) is 70.2 Å². The van der Waals surface area contributed by atoms with Crippen molar-refractivity contribution >= 4 is 33.3 Å². The number of nitrogens with one attached hydrogen (secondary N) is 2. The lowest BCUT2D eigenvalue weighted by molar-refractivity contribution is 0.0927. The van der Waals surface area contributed by atoms with Crippen molar-refractivity contribution in [2.75, 3.05) is 25.1 Å². The molecule has 1 saturated heterocycles. The number of methoxy groups -OCH3 is 1. The Bertz CT molecular complexity index is 866. The summed E-state index contributed by atoms with van der Waals surface area (Å²) in [5.41, 5.74) is 1.49. The number of amides is 1. The minimum Gasteiger partial charge on any atom is -0.497 e. The Morgan fingerprint density at radius 3 is 2.92 bits per heavy atom.